The molecule has 2 bridgehead atoms. The van der Waals surface area contributed by atoms with Gasteiger partial charge in [-0.1, -0.05) is 115 Å². The zero-order valence-electron chi connectivity index (χ0n) is 28.6. The molecule has 2 heterocycles. The molecular weight excluding hydrogens is 690 g/mol. The Labute approximate surface area is 306 Å². The molecule has 7 nitrogen and oxygen atoms in total. The smallest absolute Gasteiger partial charge is 0.225 e. The molecule has 1 N–H and O–H groups in total. The molecule has 0 aromatic heterocycles. The summed E-state index contributed by atoms with van der Waals surface area (Å²) in [6.45, 7) is 0.125. The van der Waals surface area contributed by atoms with Crippen LogP contribution in [0.25, 0.3) is 0 Å². The highest BCUT2D eigenvalue weighted by Crippen LogP contribution is 2.53. The van der Waals surface area contributed by atoms with E-state index < -0.39 is 47.9 Å². The first-order valence-corrected chi connectivity index (χ1v) is 17.4. The average Bonchev–Trinajstić information content (AvgIpc) is 3.54. The molecule has 0 radical (unpaired) electrons. The molecule has 5 atom stereocenters. The zero-order valence-corrected chi connectivity index (χ0v) is 29.3. The van der Waals surface area contributed by atoms with Gasteiger partial charge in [-0.3, -0.25) is 0 Å². The largest absolute Gasteiger partial charge is 0.494 e. The maximum absolute atomic E-state index is 15.2. The normalized spacial score (nSPS) is 23.8. The number of methoxy groups -OCH3 is 1. The highest BCUT2D eigenvalue weighted by Gasteiger charge is 2.69. The molecule has 52 heavy (non-hydrogen) atoms. The van der Waals surface area contributed by atoms with Crippen LogP contribution in [0.1, 0.15) is 33.4 Å². The number of hydrogen-bond acceptors (Lipinski definition) is 7. The number of ether oxygens (including phenoxy) is 6. The number of aliphatic hydroxyl groups excluding tert-OH is 1. The van der Waals surface area contributed by atoms with Crippen molar-refractivity contribution in [3.8, 4) is 5.75 Å². The Morgan fingerprint density at radius 1 is 0.712 bits per heavy atom. The minimum absolute atomic E-state index is 0.0348. The lowest BCUT2D eigenvalue weighted by molar-refractivity contribution is -0.353. The van der Waals surface area contributed by atoms with Gasteiger partial charge in [0.25, 0.3) is 0 Å². The number of rotatable bonds is 14. The topological polar surface area (TPSA) is 75.6 Å². The molecule has 0 spiro atoms. The number of halogens is 3. The van der Waals surface area contributed by atoms with Crippen molar-refractivity contribution in [1.29, 1.82) is 0 Å². The highest BCUT2D eigenvalue weighted by atomic mass is 35.5. The molecule has 5 aromatic carbocycles. The van der Waals surface area contributed by atoms with Crippen molar-refractivity contribution >= 4 is 11.6 Å². The summed E-state index contributed by atoms with van der Waals surface area (Å²) in [5.41, 5.74) is 2.51. The van der Waals surface area contributed by atoms with Crippen LogP contribution in [0.4, 0.5) is 8.78 Å². The summed E-state index contributed by atoms with van der Waals surface area (Å²) < 4.78 is 68.6. The molecule has 270 valence electrons. The molecule has 2 saturated heterocycles. The van der Waals surface area contributed by atoms with E-state index in [9.17, 15) is 9.50 Å². The maximum Gasteiger partial charge on any atom is 0.225 e. The first-order chi connectivity index (χ1) is 25.4. The fraction of sp³-hybridized carbons (Fsp3) is 0.286. The van der Waals surface area contributed by atoms with Gasteiger partial charge in [0.15, 0.2) is 11.6 Å². The van der Waals surface area contributed by atoms with Gasteiger partial charge in [0.1, 0.15) is 23.9 Å². The predicted octanol–water partition coefficient (Wildman–Crippen LogP) is 7.92. The van der Waals surface area contributed by atoms with Crippen molar-refractivity contribution in [2.45, 2.75) is 55.9 Å². The monoisotopic (exact) mass is 728 g/mol. The van der Waals surface area contributed by atoms with Gasteiger partial charge in [0, 0.05) is 17.0 Å². The molecule has 0 saturated carbocycles. The number of fused-ring (bicyclic) bond motifs is 2. The Hall–Kier alpha value is -4.19. The first kappa shape index (κ1) is 36.2. The van der Waals surface area contributed by atoms with Crippen LogP contribution in [-0.4, -0.2) is 49.3 Å². The molecular formula is C42H39ClF2O7. The Balaban J connectivity index is 1.31. The molecule has 0 amide bonds. The van der Waals surface area contributed by atoms with Crippen LogP contribution in [-0.2, 0) is 55.7 Å². The van der Waals surface area contributed by atoms with Gasteiger partial charge < -0.3 is 33.5 Å². The van der Waals surface area contributed by atoms with E-state index in [2.05, 4.69) is 0 Å². The SMILES string of the molecule is COc1ccc(Cc2cc([C@]34OC[C@](CO)(O3)[C@@H](OCc3ccccc3)[C@H](OCc3ccccc3)[C@H]4OCc3ccccc3)ccc2Cl)c(F)c1F. The van der Waals surface area contributed by atoms with Crippen LogP contribution in [0.15, 0.2) is 121 Å². The van der Waals surface area contributed by atoms with Crippen molar-refractivity contribution < 1.29 is 42.3 Å². The molecule has 2 aliphatic heterocycles. The van der Waals surface area contributed by atoms with Crippen LogP contribution in [0.2, 0.25) is 5.02 Å². The van der Waals surface area contributed by atoms with Crippen LogP contribution in [0, 0.1) is 11.6 Å². The summed E-state index contributed by atoms with van der Waals surface area (Å²) in [6.07, 6.45) is -2.62. The second-order valence-corrected chi connectivity index (χ2v) is 13.4. The molecule has 7 rings (SSSR count). The Morgan fingerprint density at radius 2 is 1.29 bits per heavy atom. The molecule has 0 aliphatic carbocycles. The number of benzene rings is 5. The number of hydrogen-bond donors (Lipinski definition) is 1. The standard InChI is InChI=1S/C42H39ClF2O7/c1-47-35-20-17-31(36(44)37(35)45)21-32-22-33(18-19-34(32)43)42-40(50-25-30-15-9-4-10-16-30)38(48-23-28-11-5-2-6-12-28)39(41(26-46,52-42)27-51-42)49-24-29-13-7-3-8-14-29/h2-20,22,38-40,46H,21,23-27H2,1H3/t38-,39-,40+,41-,42-/m0/s1. The second kappa shape index (κ2) is 15.8. The highest BCUT2D eigenvalue weighted by molar-refractivity contribution is 6.31. The van der Waals surface area contributed by atoms with Crippen LogP contribution < -0.4 is 4.74 Å². The Bertz CT molecular complexity index is 1950. The van der Waals surface area contributed by atoms with Crippen molar-refractivity contribution in [1.82, 2.24) is 0 Å². The molecule has 10 heteroatoms. The van der Waals surface area contributed by atoms with Gasteiger partial charge in [-0.05, 0) is 46.0 Å². The van der Waals surface area contributed by atoms with Gasteiger partial charge in [0.05, 0.1) is 40.1 Å². The van der Waals surface area contributed by atoms with E-state index >= 15 is 4.39 Å². The van der Waals surface area contributed by atoms with Gasteiger partial charge in [0.2, 0.25) is 11.6 Å². The molecule has 2 fully saturated rings. The average molecular weight is 729 g/mol. The van der Waals surface area contributed by atoms with Gasteiger partial charge in [-0.25, -0.2) is 4.39 Å². The van der Waals surface area contributed by atoms with Crippen molar-refractivity contribution in [3.63, 3.8) is 0 Å². The van der Waals surface area contributed by atoms with Gasteiger partial charge in [-0.2, -0.15) is 4.39 Å². The van der Waals surface area contributed by atoms with Crippen LogP contribution in [0.5, 0.6) is 5.75 Å². The minimum atomic E-state index is -1.62. The first-order valence-electron chi connectivity index (χ1n) is 17.1. The summed E-state index contributed by atoms with van der Waals surface area (Å²) in [5, 5.41) is 11.4. The number of aliphatic hydroxyl groups is 1. The second-order valence-electron chi connectivity index (χ2n) is 13.0. The minimum Gasteiger partial charge on any atom is -0.494 e. The predicted molar refractivity (Wildman–Crippen MR) is 191 cm³/mol. The Kier molecular flexibility index (Phi) is 11.0. The maximum atomic E-state index is 15.2. The van der Waals surface area contributed by atoms with Crippen LogP contribution >= 0.6 is 11.6 Å². The summed E-state index contributed by atoms with van der Waals surface area (Å²) in [5.74, 6) is -3.92. The van der Waals surface area contributed by atoms with E-state index in [-0.39, 0.29) is 44.2 Å². The zero-order chi connectivity index (χ0) is 36.1. The van der Waals surface area contributed by atoms with Crippen molar-refractivity contribution in [2.75, 3.05) is 20.3 Å². The quantitative estimate of drug-likeness (QED) is 0.125. The van der Waals surface area contributed by atoms with Crippen molar-refractivity contribution in [2.24, 2.45) is 0 Å². The van der Waals surface area contributed by atoms with Crippen LogP contribution in [0.3, 0.4) is 0 Å². The summed E-state index contributed by atoms with van der Waals surface area (Å²) in [7, 11) is 1.28. The molecule has 2 aliphatic rings. The molecule has 0 unspecified atom stereocenters. The lowest BCUT2D eigenvalue weighted by Crippen LogP contribution is -2.67. The third-order valence-electron chi connectivity index (χ3n) is 9.65. The third kappa shape index (κ3) is 7.23. The lowest BCUT2D eigenvalue weighted by atomic mass is 9.83. The summed E-state index contributed by atoms with van der Waals surface area (Å²) >= 11 is 6.70. The van der Waals surface area contributed by atoms with Gasteiger partial charge in [-0.15, -0.1) is 0 Å². The fourth-order valence-corrected chi connectivity index (χ4v) is 7.12. The van der Waals surface area contributed by atoms with E-state index in [4.69, 9.17) is 40.0 Å². The van der Waals surface area contributed by atoms with E-state index in [1.165, 1.54) is 19.2 Å². The lowest BCUT2D eigenvalue weighted by Gasteiger charge is -2.50. The Morgan fingerprint density at radius 3 is 1.87 bits per heavy atom. The van der Waals surface area contributed by atoms with E-state index in [1.807, 2.05) is 91.0 Å². The van der Waals surface area contributed by atoms with Crippen molar-refractivity contribution in [3.05, 3.63) is 171 Å². The summed E-state index contributed by atoms with van der Waals surface area (Å²) in [4.78, 5) is 0. The van der Waals surface area contributed by atoms with Gasteiger partial charge >= 0.3 is 0 Å². The van der Waals surface area contributed by atoms with E-state index in [0.717, 1.165) is 16.7 Å². The van der Waals surface area contributed by atoms with E-state index in [1.54, 1.807) is 18.2 Å². The fourth-order valence-electron chi connectivity index (χ4n) is 6.93. The van der Waals surface area contributed by atoms with E-state index in [0.29, 0.717) is 16.1 Å². The third-order valence-corrected chi connectivity index (χ3v) is 10.0. The summed E-state index contributed by atoms with van der Waals surface area (Å²) in [6, 6.07) is 37.1. The molecule has 5 aromatic rings.